The largest absolute Gasteiger partial charge is 0.309 e. The molecule has 0 bridgehead atoms. The van der Waals surface area contributed by atoms with Gasteiger partial charge in [0.1, 0.15) is 5.82 Å². The lowest BCUT2D eigenvalue weighted by Crippen LogP contribution is -2.12. The number of rotatable bonds is 4. The van der Waals surface area contributed by atoms with Gasteiger partial charge in [-0.3, -0.25) is 4.79 Å². The molecule has 0 radical (unpaired) electrons. The van der Waals surface area contributed by atoms with Gasteiger partial charge in [-0.25, -0.2) is 4.98 Å². The standard InChI is InChI=1S/C17H14N2OS/c20-17-15(13-7-3-1-4-8-13)11-18-16(19-17)12-21-14-9-5-2-6-10-14/h1-11H,12H2,(H,18,19,20). The Morgan fingerprint density at radius 2 is 1.62 bits per heavy atom. The molecule has 1 aromatic heterocycles. The van der Waals surface area contributed by atoms with Crippen molar-refractivity contribution in [2.75, 3.05) is 0 Å². The number of hydrogen-bond acceptors (Lipinski definition) is 3. The highest BCUT2D eigenvalue weighted by molar-refractivity contribution is 7.98. The zero-order chi connectivity index (χ0) is 14.5. The molecule has 0 saturated carbocycles. The summed E-state index contributed by atoms with van der Waals surface area (Å²) in [6.45, 7) is 0. The summed E-state index contributed by atoms with van der Waals surface area (Å²) < 4.78 is 0. The van der Waals surface area contributed by atoms with Crippen molar-refractivity contribution in [3.05, 3.63) is 83.0 Å². The molecule has 1 N–H and O–H groups in total. The van der Waals surface area contributed by atoms with E-state index in [2.05, 4.69) is 9.97 Å². The van der Waals surface area contributed by atoms with Gasteiger partial charge in [0, 0.05) is 11.1 Å². The second-order valence-electron chi connectivity index (χ2n) is 4.54. The summed E-state index contributed by atoms with van der Waals surface area (Å²) in [4.78, 5) is 20.5. The minimum absolute atomic E-state index is 0.0974. The van der Waals surface area contributed by atoms with Crippen LogP contribution in [0.25, 0.3) is 11.1 Å². The maximum Gasteiger partial charge on any atom is 0.258 e. The van der Waals surface area contributed by atoms with Crippen molar-refractivity contribution in [1.29, 1.82) is 0 Å². The van der Waals surface area contributed by atoms with Gasteiger partial charge in [0.15, 0.2) is 0 Å². The number of nitrogens with zero attached hydrogens (tertiary/aromatic N) is 1. The van der Waals surface area contributed by atoms with E-state index >= 15 is 0 Å². The Morgan fingerprint density at radius 1 is 0.952 bits per heavy atom. The number of nitrogens with one attached hydrogen (secondary N) is 1. The van der Waals surface area contributed by atoms with Crippen molar-refractivity contribution in [1.82, 2.24) is 9.97 Å². The highest BCUT2D eigenvalue weighted by atomic mass is 32.2. The lowest BCUT2D eigenvalue weighted by atomic mass is 10.1. The van der Waals surface area contributed by atoms with Gasteiger partial charge in [-0.2, -0.15) is 0 Å². The van der Waals surface area contributed by atoms with Crippen LogP contribution in [0.4, 0.5) is 0 Å². The van der Waals surface area contributed by atoms with Gasteiger partial charge in [0.05, 0.1) is 11.3 Å². The van der Waals surface area contributed by atoms with Crippen molar-refractivity contribution in [2.24, 2.45) is 0 Å². The Bertz CT molecular complexity index is 770. The van der Waals surface area contributed by atoms with Crippen molar-refractivity contribution < 1.29 is 0 Å². The minimum atomic E-state index is -0.0974. The van der Waals surface area contributed by atoms with Crippen molar-refractivity contribution in [3.8, 4) is 11.1 Å². The van der Waals surface area contributed by atoms with Gasteiger partial charge in [0.2, 0.25) is 0 Å². The molecule has 0 spiro atoms. The van der Waals surface area contributed by atoms with E-state index in [1.807, 2.05) is 60.7 Å². The molecular formula is C17H14N2OS. The van der Waals surface area contributed by atoms with Crippen LogP contribution in [0.2, 0.25) is 0 Å². The third-order valence-electron chi connectivity index (χ3n) is 3.06. The van der Waals surface area contributed by atoms with Crippen LogP contribution >= 0.6 is 11.8 Å². The van der Waals surface area contributed by atoms with Crippen molar-refractivity contribution in [2.45, 2.75) is 10.6 Å². The molecule has 104 valence electrons. The second kappa shape index (κ2) is 6.41. The molecule has 3 nitrogen and oxygen atoms in total. The Labute approximate surface area is 127 Å². The summed E-state index contributed by atoms with van der Waals surface area (Å²) >= 11 is 1.65. The van der Waals surface area contributed by atoms with Gasteiger partial charge in [-0.05, 0) is 17.7 Å². The zero-order valence-corrected chi connectivity index (χ0v) is 12.1. The molecule has 2 aromatic carbocycles. The number of H-pyrrole nitrogens is 1. The molecule has 0 fully saturated rings. The maximum absolute atomic E-state index is 12.1. The van der Waals surface area contributed by atoms with Gasteiger partial charge < -0.3 is 4.98 Å². The van der Waals surface area contributed by atoms with Gasteiger partial charge in [0.25, 0.3) is 5.56 Å². The van der Waals surface area contributed by atoms with E-state index in [1.54, 1.807) is 18.0 Å². The first-order valence-electron chi connectivity index (χ1n) is 6.64. The number of aromatic nitrogens is 2. The minimum Gasteiger partial charge on any atom is -0.309 e. The molecule has 0 aliphatic carbocycles. The van der Waals surface area contributed by atoms with E-state index in [1.165, 1.54) is 0 Å². The van der Waals surface area contributed by atoms with Gasteiger partial charge in [-0.15, -0.1) is 11.8 Å². The van der Waals surface area contributed by atoms with Crippen LogP contribution in [0.15, 0.2) is 76.6 Å². The molecule has 4 heteroatoms. The topological polar surface area (TPSA) is 45.8 Å². The Morgan fingerprint density at radius 3 is 2.29 bits per heavy atom. The SMILES string of the molecule is O=c1[nH]c(CSc2ccccc2)ncc1-c1ccccc1. The molecule has 0 saturated heterocycles. The fourth-order valence-electron chi connectivity index (χ4n) is 2.00. The summed E-state index contributed by atoms with van der Waals surface area (Å²) in [5.74, 6) is 1.34. The number of hydrogen-bond donors (Lipinski definition) is 1. The summed E-state index contributed by atoms with van der Waals surface area (Å²) in [6, 6.07) is 19.6. The van der Waals surface area contributed by atoms with Gasteiger partial charge in [-0.1, -0.05) is 48.5 Å². The molecule has 0 amide bonds. The van der Waals surface area contributed by atoms with Crippen LogP contribution in [0.3, 0.4) is 0 Å². The molecule has 1 heterocycles. The Hall–Kier alpha value is -2.33. The maximum atomic E-state index is 12.1. The van der Waals surface area contributed by atoms with E-state index in [4.69, 9.17) is 0 Å². The quantitative estimate of drug-likeness (QED) is 0.746. The van der Waals surface area contributed by atoms with E-state index in [0.717, 1.165) is 10.5 Å². The van der Waals surface area contributed by atoms with E-state index < -0.39 is 0 Å². The van der Waals surface area contributed by atoms with Crippen LogP contribution in [0, 0.1) is 0 Å². The summed E-state index contributed by atoms with van der Waals surface area (Å²) in [6.07, 6.45) is 1.65. The fourth-order valence-corrected chi connectivity index (χ4v) is 2.80. The molecule has 0 atom stereocenters. The van der Waals surface area contributed by atoms with Crippen LogP contribution in [0.5, 0.6) is 0 Å². The molecular weight excluding hydrogens is 280 g/mol. The van der Waals surface area contributed by atoms with Crippen LogP contribution in [-0.4, -0.2) is 9.97 Å². The molecule has 0 aliphatic rings. The molecule has 21 heavy (non-hydrogen) atoms. The average molecular weight is 294 g/mol. The average Bonchev–Trinajstić information content (AvgIpc) is 2.55. The summed E-state index contributed by atoms with van der Waals surface area (Å²) in [5.41, 5.74) is 1.39. The lowest BCUT2D eigenvalue weighted by molar-refractivity contribution is 1.01. The molecule has 3 aromatic rings. The van der Waals surface area contributed by atoms with E-state index in [9.17, 15) is 4.79 Å². The Kier molecular flexibility index (Phi) is 4.17. The number of thioether (sulfide) groups is 1. The first-order chi connectivity index (χ1) is 10.3. The summed E-state index contributed by atoms with van der Waals surface area (Å²) in [5, 5.41) is 0. The zero-order valence-electron chi connectivity index (χ0n) is 11.3. The smallest absolute Gasteiger partial charge is 0.258 e. The third kappa shape index (κ3) is 3.41. The van der Waals surface area contributed by atoms with Crippen LogP contribution in [0.1, 0.15) is 5.82 Å². The van der Waals surface area contributed by atoms with E-state index in [0.29, 0.717) is 17.1 Å². The van der Waals surface area contributed by atoms with Gasteiger partial charge >= 0.3 is 0 Å². The fraction of sp³-hybridized carbons (Fsp3) is 0.0588. The highest BCUT2D eigenvalue weighted by Gasteiger charge is 2.05. The van der Waals surface area contributed by atoms with Crippen LogP contribution < -0.4 is 5.56 Å². The molecule has 0 aliphatic heterocycles. The Balaban J connectivity index is 1.77. The number of benzene rings is 2. The second-order valence-corrected chi connectivity index (χ2v) is 5.59. The van der Waals surface area contributed by atoms with E-state index in [-0.39, 0.29) is 5.56 Å². The first-order valence-corrected chi connectivity index (χ1v) is 7.63. The normalized spacial score (nSPS) is 10.5. The first kappa shape index (κ1) is 13.6. The number of aromatic amines is 1. The highest BCUT2D eigenvalue weighted by Crippen LogP contribution is 2.20. The van der Waals surface area contributed by atoms with Crippen LogP contribution in [-0.2, 0) is 5.75 Å². The monoisotopic (exact) mass is 294 g/mol. The van der Waals surface area contributed by atoms with Crippen molar-refractivity contribution >= 4 is 11.8 Å². The third-order valence-corrected chi connectivity index (χ3v) is 4.08. The van der Waals surface area contributed by atoms with Crippen molar-refractivity contribution in [3.63, 3.8) is 0 Å². The summed E-state index contributed by atoms with van der Waals surface area (Å²) in [7, 11) is 0. The predicted molar refractivity (Wildman–Crippen MR) is 86.3 cm³/mol. The molecule has 3 rings (SSSR count). The predicted octanol–water partition coefficient (Wildman–Crippen LogP) is 3.73. The lowest BCUT2D eigenvalue weighted by Gasteiger charge is -2.03. The molecule has 0 unspecified atom stereocenters.